The van der Waals surface area contributed by atoms with E-state index in [0.717, 1.165) is 23.3 Å². The summed E-state index contributed by atoms with van der Waals surface area (Å²) in [6.07, 6.45) is -4.60. The average molecular weight is 588 g/mol. The van der Waals surface area contributed by atoms with E-state index >= 15 is 0 Å². The fourth-order valence-electron chi connectivity index (χ4n) is 5.02. The zero-order valence-electron chi connectivity index (χ0n) is 23.7. The van der Waals surface area contributed by atoms with E-state index in [1.54, 1.807) is 62.4 Å². The van der Waals surface area contributed by atoms with Crippen molar-refractivity contribution < 1.29 is 33.3 Å². The number of carboxylic acid groups (broad SMARTS) is 1. The van der Waals surface area contributed by atoms with Gasteiger partial charge in [0.1, 0.15) is 5.69 Å². The summed E-state index contributed by atoms with van der Waals surface area (Å²) in [4.78, 5) is 11.8. The van der Waals surface area contributed by atoms with Gasteiger partial charge in [-0.05, 0) is 92.4 Å². The van der Waals surface area contributed by atoms with E-state index in [1.807, 2.05) is 19.9 Å². The third-order valence-electron chi connectivity index (χ3n) is 7.41. The summed E-state index contributed by atoms with van der Waals surface area (Å²) in [5.41, 5.74) is 1.61. The number of phenolic OH excluding ortho intramolecular Hbond substituents is 1. The maximum absolute atomic E-state index is 13.6. The molecule has 0 aliphatic rings. The highest BCUT2D eigenvalue weighted by Gasteiger charge is 2.32. The van der Waals surface area contributed by atoms with Crippen LogP contribution in [0.25, 0.3) is 27.7 Å². The second-order valence-corrected chi connectivity index (χ2v) is 11.0. The van der Waals surface area contributed by atoms with Gasteiger partial charge in [0, 0.05) is 16.6 Å². The Morgan fingerprint density at radius 3 is 2.14 bits per heavy atom. The summed E-state index contributed by atoms with van der Waals surface area (Å²) in [6.45, 7) is 6.85. The number of aromatic hydroxyl groups is 2. The standard InChI is InChI=1S/C33H28F3N3O4/c1-18-13-19(2)15-23(14-18)39-27-17-22(33(34,35)36)11-12-25(27)28(30(39)41)38-37-26-10-6-9-24(29(26)40)20-7-5-8-21(16-20)32(3,4)31(42)43/h5-17,40-41H,1-4H3,(H,42,43). The lowest BCUT2D eigenvalue weighted by Crippen LogP contribution is -2.28. The lowest BCUT2D eigenvalue weighted by Gasteiger charge is -2.20. The van der Waals surface area contributed by atoms with Crippen LogP contribution in [0.4, 0.5) is 24.5 Å². The van der Waals surface area contributed by atoms with Crippen LogP contribution in [-0.2, 0) is 16.4 Å². The number of azo groups is 1. The molecular formula is C33H28F3N3O4. The Bertz CT molecular complexity index is 1900. The third-order valence-corrected chi connectivity index (χ3v) is 7.41. The highest BCUT2D eigenvalue weighted by atomic mass is 19.4. The van der Waals surface area contributed by atoms with Crippen molar-refractivity contribution in [2.45, 2.75) is 39.3 Å². The van der Waals surface area contributed by atoms with Crippen LogP contribution >= 0.6 is 0 Å². The number of phenols is 1. The smallest absolute Gasteiger partial charge is 0.416 e. The molecule has 1 heterocycles. The first kappa shape index (κ1) is 29.4. The molecule has 0 aliphatic carbocycles. The summed E-state index contributed by atoms with van der Waals surface area (Å²) in [7, 11) is 0. The molecule has 0 fully saturated rings. The summed E-state index contributed by atoms with van der Waals surface area (Å²) in [6, 6.07) is 20.0. The Balaban J connectivity index is 1.64. The summed E-state index contributed by atoms with van der Waals surface area (Å²) in [5.74, 6) is -1.66. The van der Waals surface area contributed by atoms with E-state index in [1.165, 1.54) is 16.7 Å². The van der Waals surface area contributed by atoms with Gasteiger partial charge in [-0.1, -0.05) is 36.4 Å². The number of aliphatic carboxylic acids is 1. The molecule has 5 aromatic rings. The van der Waals surface area contributed by atoms with Gasteiger partial charge in [-0.15, -0.1) is 10.2 Å². The monoisotopic (exact) mass is 587 g/mol. The van der Waals surface area contributed by atoms with E-state index in [9.17, 15) is 33.3 Å². The molecule has 1 aromatic heterocycles. The van der Waals surface area contributed by atoms with Gasteiger partial charge in [-0.2, -0.15) is 13.2 Å². The van der Waals surface area contributed by atoms with Crippen molar-refractivity contribution in [3.8, 4) is 28.4 Å². The number of aryl methyl sites for hydroxylation is 2. The number of hydrogen-bond acceptors (Lipinski definition) is 5. The number of hydrogen-bond donors (Lipinski definition) is 3. The lowest BCUT2D eigenvalue weighted by atomic mass is 9.83. The van der Waals surface area contributed by atoms with Gasteiger partial charge >= 0.3 is 12.1 Å². The zero-order chi connectivity index (χ0) is 31.3. The third kappa shape index (κ3) is 5.43. The fraction of sp³-hybridized carbons (Fsp3) is 0.182. The van der Waals surface area contributed by atoms with Gasteiger partial charge in [0.15, 0.2) is 11.4 Å². The van der Waals surface area contributed by atoms with Crippen LogP contribution in [0.3, 0.4) is 0 Å². The minimum Gasteiger partial charge on any atom is -0.505 e. The number of carboxylic acids is 1. The van der Waals surface area contributed by atoms with Crippen molar-refractivity contribution in [3.63, 3.8) is 0 Å². The van der Waals surface area contributed by atoms with Crippen LogP contribution in [0.15, 0.2) is 89.1 Å². The van der Waals surface area contributed by atoms with Gasteiger partial charge in [0.25, 0.3) is 0 Å². The summed E-state index contributed by atoms with van der Waals surface area (Å²) in [5, 5.41) is 40.6. The quantitative estimate of drug-likeness (QED) is 0.172. The van der Waals surface area contributed by atoms with Crippen molar-refractivity contribution in [1.29, 1.82) is 0 Å². The van der Waals surface area contributed by atoms with Gasteiger partial charge in [0.2, 0.25) is 5.88 Å². The van der Waals surface area contributed by atoms with E-state index in [0.29, 0.717) is 22.4 Å². The van der Waals surface area contributed by atoms with Crippen LogP contribution in [0.5, 0.6) is 11.6 Å². The number of alkyl halides is 3. The summed E-state index contributed by atoms with van der Waals surface area (Å²) >= 11 is 0. The van der Waals surface area contributed by atoms with E-state index in [4.69, 9.17) is 0 Å². The van der Waals surface area contributed by atoms with Crippen molar-refractivity contribution in [2.24, 2.45) is 10.2 Å². The molecule has 0 radical (unpaired) electrons. The Morgan fingerprint density at radius 2 is 1.49 bits per heavy atom. The highest BCUT2D eigenvalue weighted by molar-refractivity contribution is 5.97. The van der Waals surface area contributed by atoms with Crippen LogP contribution in [-0.4, -0.2) is 25.9 Å². The number of nitrogens with zero attached hydrogens (tertiary/aromatic N) is 3. The number of carbonyl (C=O) groups is 1. The van der Waals surface area contributed by atoms with E-state index < -0.39 is 29.0 Å². The molecular weight excluding hydrogens is 559 g/mol. The molecule has 0 amide bonds. The summed E-state index contributed by atoms with van der Waals surface area (Å²) < 4.78 is 42.2. The molecule has 0 saturated carbocycles. The second kappa shape index (κ2) is 10.6. The van der Waals surface area contributed by atoms with E-state index in [-0.39, 0.29) is 28.0 Å². The van der Waals surface area contributed by atoms with Crippen molar-refractivity contribution >= 4 is 28.2 Å². The lowest BCUT2D eigenvalue weighted by molar-refractivity contribution is -0.142. The average Bonchev–Trinajstić information content (AvgIpc) is 3.21. The number of benzene rings is 4. The van der Waals surface area contributed by atoms with Crippen LogP contribution in [0, 0.1) is 13.8 Å². The zero-order valence-corrected chi connectivity index (χ0v) is 23.7. The number of para-hydroxylation sites is 1. The minimum absolute atomic E-state index is 0.0407. The fourth-order valence-corrected chi connectivity index (χ4v) is 5.02. The minimum atomic E-state index is -4.60. The maximum atomic E-state index is 13.6. The Kier molecular flexibility index (Phi) is 7.25. The van der Waals surface area contributed by atoms with Crippen LogP contribution in [0.1, 0.15) is 36.1 Å². The Hall–Kier alpha value is -5.12. The largest absolute Gasteiger partial charge is 0.505 e. The SMILES string of the molecule is Cc1cc(C)cc(-n2c(O)c(N=Nc3cccc(-c4cccc(C(C)(C)C(=O)O)c4)c3O)c3ccc(C(F)(F)F)cc32)c1. The van der Waals surface area contributed by atoms with Gasteiger partial charge in [-0.25, -0.2) is 0 Å². The van der Waals surface area contributed by atoms with Gasteiger partial charge < -0.3 is 15.3 Å². The van der Waals surface area contributed by atoms with E-state index in [2.05, 4.69) is 10.2 Å². The Labute approximate surface area is 245 Å². The maximum Gasteiger partial charge on any atom is 0.416 e. The number of rotatable bonds is 6. The van der Waals surface area contributed by atoms with Crippen LogP contribution in [0.2, 0.25) is 0 Å². The molecule has 10 heteroatoms. The second-order valence-electron chi connectivity index (χ2n) is 11.0. The number of halogens is 3. The molecule has 0 atom stereocenters. The van der Waals surface area contributed by atoms with Crippen LogP contribution < -0.4 is 0 Å². The first-order valence-electron chi connectivity index (χ1n) is 13.3. The normalized spacial score (nSPS) is 12.3. The molecule has 0 saturated heterocycles. The number of fused-ring (bicyclic) bond motifs is 1. The predicted octanol–water partition coefficient (Wildman–Crippen LogP) is 9.12. The molecule has 0 aliphatic heterocycles. The molecule has 3 N–H and O–H groups in total. The van der Waals surface area contributed by atoms with Crippen molar-refractivity contribution in [3.05, 3.63) is 101 Å². The number of aromatic nitrogens is 1. The molecule has 7 nitrogen and oxygen atoms in total. The molecule has 220 valence electrons. The van der Waals surface area contributed by atoms with Crippen molar-refractivity contribution in [1.82, 2.24) is 4.57 Å². The topological polar surface area (TPSA) is 107 Å². The van der Waals surface area contributed by atoms with Gasteiger partial charge in [-0.3, -0.25) is 9.36 Å². The highest BCUT2D eigenvalue weighted by Crippen LogP contribution is 2.45. The first-order valence-corrected chi connectivity index (χ1v) is 13.3. The van der Waals surface area contributed by atoms with Gasteiger partial charge in [0.05, 0.1) is 16.5 Å². The first-order chi connectivity index (χ1) is 20.2. The molecule has 0 spiro atoms. The Morgan fingerprint density at radius 1 is 0.814 bits per heavy atom. The predicted molar refractivity (Wildman–Crippen MR) is 158 cm³/mol. The molecule has 4 aromatic carbocycles. The van der Waals surface area contributed by atoms with Crippen molar-refractivity contribution in [2.75, 3.05) is 0 Å². The molecule has 43 heavy (non-hydrogen) atoms. The molecule has 0 unspecified atom stereocenters. The molecule has 0 bridgehead atoms. The molecule has 5 rings (SSSR count).